The molecule has 0 unspecified atom stereocenters. The first kappa shape index (κ1) is 27.8. The summed E-state index contributed by atoms with van der Waals surface area (Å²) in [5.74, 6) is -8.08. The van der Waals surface area contributed by atoms with E-state index in [9.17, 15) is 35.5 Å². The van der Waals surface area contributed by atoms with Crippen molar-refractivity contribution in [1.29, 1.82) is 0 Å². The van der Waals surface area contributed by atoms with Crippen molar-refractivity contribution in [1.82, 2.24) is 14.9 Å². The van der Waals surface area contributed by atoms with E-state index in [1.165, 1.54) is 0 Å². The van der Waals surface area contributed by atoms with Gasteiger partial charge in [-0.15, -0.1) is 0 Å². The number of aromatic nitrogens is 2. The van der Waals surface area contributed by atoms with Crippen LogP contribution in [-0.2, 0) is 11.0 Å². The number of likely N-dealkylation sites (tertiary alicyclic amines) is 1. The van der Waals surface area contributed by atoms with E-state index in [0.717, 1.165) is 17.3 Å². The van der Waals surface area contributed by atoms with Crippen LogP contribution in [0.2, 0.25) is 0 Å². The second-order valence-electron chi connectivity index (χ2n) is 9.44. The van der Waals surface area contributed by atoms with Crippen LogP contribution in [0.25, 0.3) is 0 Å². The van der Waals surface area contributed by atoms with Crippen LogP contribution in [0.3, 0.4) is 0 Å². The van der Waals surface area contributed by atoms with Gasteiger partial charge in [-0.05, 0) is 25.1 Å². The molecule has 0 spiro atoms. The lowest BCUT2D eigenvalue weighted by Gasteiger charge is -2.34. The van der Waals surface area contributed by atoms with Gasteiger partial charge in [-0.1, -0.05) is 6.07 Å². The summed E-state index contributed by atoms with van der Waals surface area (Å²) in [6.07, 6.45) is -5.96. The Hall–Kier alpha value is -3.23. The molecule has 3 N–H and O–H groups in total. The van der Waals surface area contributed by atoms with Gasteiger partial charge in [0.2, 0.25) is 11.7 Å². The lowest BCUT2D eigenvalue weighted by Crippen LogP contribution is -2.46. The normalized spacial score (nSPS) is 24.0. The summed E-state index contributed by atoms with van der Waals surface area (Å²) >= 11 is 0. The first-order chi connectivity index (χ1) is 17.7. The summed E-state index contributed by atoms with van der Waals surface area (Å²) in [5, 5.41) is 2.65. The van der Waals surface area contributed by atoms with Crippen molar-refractivity contribution in [2.45, 2.75) is 37.2 Å². The van der Waals surface area contributed by atoms with E-state index < -0.39 is 83.5 Å². The quantitative estimate of drug-likeness (QED) is 0.507. The molecule has 2 fully saturated rings. The molecule has 2 saturated heterocycles. The molecular weight excluding hydrogens is 528 g/mol. The van der Waals surface area contributed by atoms with Crippen molar-refractivity contribution in [2.24, 2.45) is 11.7 Å². The molecule has 2 aromatic rings. The zero-order chi connectivity index (χ0) is 27.8. The van der Waals surface area contributed by atoms with Crippen LogP contribution in [0.5, 0.6) is 0 Å². The van der Waals surface area contributed by atoms with E-state index in [4.69, 9.17) is 5.73 Å². The molecule has 3 heterocycles. The van der Waals surface area contributed by atoms with Gasteiger partial charge in [-0.25, -0.2) is 27.5 Å². The highest BCUT2D eigenvalue weighted by Crippen LogP contribution is 2.45. The Balaban J connectivity index is 1.53. The molecule has 7 nitrogen and oxygen atoms in total. The third-order valence-electron chi connectivity index (χ3n) is 6.67. The molecule has 38 heavy (non-hydrogen) atoms. The molecule has 2 aliphatic heterocycles. The number of carbonyl (C=O) groups is 1. The van der Waals surface area contributed by atoms with Crippen LogP contribution in [0.1, 0.15) is 30.0 Å². The average Bonchev–Trinajstić information content (AvgIpc) is 3.13. The first-order valence-corrected chi connectivity index (χ1v) is 11.7. The maximum absolute atomic E-state index is 15.4. The molecule has 0 aliphatic carbocycles. The largest absolute Gasteiger partial charge is 0.416 e. The summed E-state index contributed by atoms with van der Waals surface area (Å²) in [7, 11) is 0. The van der Waals surface area contributed by atoms with Gasteiger partial charge >= 0.3 is 6.18 Å². The Labute approximate surface area is 212 Å². The maximum atomic E-state index is 15.4. The summed E-state index contributed by atoms with van der Waals surface area (Å²) in [5.41, 5.74) is 3.37. The fourth-order valence-corrected chi connectivity index (χ4v) is 4.81. The van der Waals surface area contributed by atoms with Gasteiger partial charge in [-0.3, -0.25) is 9.69 Å². The third-order valence-corrected chi connectivity index (χ3v) is 6.67. The van der Waals surface area contributed by atoms with Crippen molar-refractivity contribution < 1.29 is 39.9 Å². The van der Waals surface area contributed by atoms with Crippen LogP contribution in [0, 0.1) is 17.6 Å². The highest BCUT2D eigenvalue weighted by Gasteiger charge is 2.48. The minimum Gasteiger partial charge on any atom is -0.369 e. The molecule has 2 aliphatic rings. The van der Waals surface area contributed by atoms with Crippen LogP contribution in [0.4, 0.5) is 46.8 Å². The third kappa shape index (κ3) is 6.08. The Bertz CT molecular complexity index is 1180. The average molecular weight is 552 g/mol. The molecule has 15 heteroatoms. The van der Waals surface area contributed by atoms with Gasteiger partial charge in [0.25, 0.3) is 5.92 Å². The zero-order valence-corrected chi connectivity index (χ0v) is 19.8. The van der Waals surface area contributed by atoms with E-state index in [-0.39, 0.29) is 25.7 Å². The summed E-state index contributed by atoms with van der Waals surface area (Å²) in [6.45, 7) is -0.874. The number of alkyl halides is 6. The summed E-state index contributed by atoms with van der Waals surface area (Å²) in [6, 6.07) is 0.0179. The second-order valence-corrected chi connectivity index (χ2v) is 9.44. The Morgan fingerprint density at radius 2 is 1.95 bits per heavy atom. The lowest BCUT2D eigenvalue weighted by molar-refractivity contribution is -0.137. The van der Waals surface area contributed by atoms with Crippen molar-refractivity contribution >= 4 is 17.5 Å². The van der Waals surface area contributed by atoms with Gasteiger partial charge in [-0.2, -0.15) is 17.6 Å². The molecule has 0 bridgehead atoms. The van der Waals surface area contributed by atoms with Crippen molar-refractivity contribution in [3.63, 3.8) is 0 Å². The minimum atomic E-state index is -4.84. The van der Waals surface area contributed by atoms with Gasteiger partial charge in [0.15, 0.2) is 11.6 Å². The summed E-state index contributed by atoms with van der Waals surface area (Å²) < 4.78 is 112. The number of hydrogen-bond acceptors (Lipinski definition) is 6. The minimum absolute atomic E-state index is 0.0456. The monoisotopic (exact) mass is 552 g/mol. The number of hydrogen-bond donors (Lipinski definition) is 2. The second kappa shape index (κ2) is 10.5. The number of anilines is 2. The number of halogens is 8. The fraction of sp³-hybridized carbons (Fsp3) is 0.522. The smallest absolute Gasteiger partial charge is 0.369 e. The number of benzene rings is 1. The Morgan fingerprint density at radius 3 is 2.58 bits per heavy atom. The van der Waals surface area contributed by atoms with Gasteiger partial charge in [0, 0.05) is 31.0 Å². The molecule has 1 aromatic heterocycles. The number of carbonyl (C=O) groups excluding carboxylic acids is 1. The zero-order valence-electron chi connectivity index (χ0n) is 19.8. The van der Waals surface area contributed by atoms with Crippen LogP contribution in [-0.4, -0.2) is 65.6 Å². The highest BCUT2D eigenvalue weighted by molar-refractivity contribution is 5.75. The lowest BCUT2D eigenvalue weighted by atomic mass is 9.95. The summed E-state index contributed by atoms with van der Waals surface area (Å²) in [4.78, 5) is 20.9. The number of nitrogens with one attached hydrogen (secondary N) is 1. The van der Waals surface area contributed by atoms with E-state index in [0.29, 0.717) is 19.0 Å². The number of amides is 1. The Morgan fingerprint density at radius 1 is 1.21 bits per heavy atom. The van der Waals surface area contributed by atoms with E-state index in [1.54, 1.807) is 4.90 Å². The van der Waals surface area contributed by atoms with Crippen molar-refractivity contribution in [3.05, 3.63) is 47.3 Å². The van der Waals surface area contributed by atoms with E-state index >= 15 is 4.39 Å². The number of rotatable bonds is 7. The number of nitrogens with zero attached hydrogens (tertiary/aromatic N) is 4. The number of nitrogens with two attached hydrogens (primary N) is 1. The van der Waals surface area contributed by atoms with Gasteiger partial charge < -0.3 is 16.0 Å². The first-order valence-electron chi connectivity index (χ1n) is 11.7. The SMILES string of the molecule is NC(=O)CN1CC[C@@H](CNc2ncnc(N3CC(F)(F)C[C@@H]3c3ccc(C(F)(F)F)cc3F)c2F)[C@H](F)C1. The number of piperidine rings is 1. The van der Waals surface area contributed by atoms with Crippen LogP contribution < -0.4 is 16.0 Å². The van der Waals surface area contributed by atoms with Crippen molar-refractivity contribution in [2.75, 3.05) is 42.9 Å². The van der Waals surface area contributed by atoms with Crippen LogP contribution in [0.15, 0.2) is 24.5 Å². The van der Waals surface area contributed by atoms with Gasteiger partial charge in [0.1, 0.15) is 18.3 Å². The van der Waals surface area contributed by atoms with E-state index in [2.05, 4.69) is 15.3 Å². The highest BCUT2D eigenvalue weighted by atomic mass is 19.4. The topological polar surface area (TPSA) is 87.4 Å². The molecule has 3 atom stereocenters. The molecule has 4 rings (SSSR count). The molecule has 0 saturated carbocycles. The van der Waals surface area contributed by atoms with Crippen molar-refractivity contribution in [3.8, 4) is 0 Å². The fourth-order valence-electron chi connectivity index (χ4n) is 4.81. The number of primary amides is 1. The Kier molecular flexibility index (Phi) is 7.68. The predicted molar refractivity (Wildman–Crippen MR) is 120 cm³/mol. The predicted octanol–water partition coefficient (Wildman–Crippen LogP) is 3.92. The van der Waals surface area contributed by atoms with E-state index in [1.807, 2.05) is 0 Å². The maximum Gasteiger partial charge on any atom is 0.416 e. The molecule has 0 radical (unpaired) electrons. The standard InChI is InChI=1S/C23H24F8N6O/c24-15-5-13(23(29,30)31)1-2-14(15)17-6-22(27,28)10-37(17)21-19(26)20(34-11-35-21)33-7-12-3-4-36(8-16(12)25)9-18(32)38/h1-2,5,11-12,16-17H,3-4,6-10H2,(H2,32,38)(H,33,34,35)/t12-,16+,17+/m0/s1. The van der Waals surface area contributed by atoms with Gasteiger partial charge in [0.05, 0.1) is 24.7 Å². The van der Waals surface area contributed by atoms with Crippen LogP contribution >= 0.6 is 0 Å². The molecular formula is C23H24F8N6O. The molecule has 1 amide bonds. The molecule has 1 aromatic carbocycles. The molecule has 208 valence electrons.